The molecule has 0 bridgehead atoms. The Morgan fingerprint density at radius 3 is 2.48 bits per heavy atom. The number of nitrogens with zero attached hydrogens (tertiary/aromatic N) is 2. The van der Waals surface area contributed by atoms with Crippen LogP contribution < -0.4 is 5.32 Å². The van der Waals surface area contributed by atoms with Gasteiger partial charge in [-0.15, -0.1) is 0 Å². The number of fused-ring (bicyclic) bond motifs is 1. The van der Waals surface area contributed by atoms with Gasteiger partial charge in [0, 0.05) is 17.6 Å². The van der Waals surface area contributed by atoms with Gasteiger partial charge in [0.1, 0.15) is 0 Å². The lowest BCUT2D eigenvalue weighted by Crippen LogP contribution is -2.23. The van der Waals surface area contributed by atoms with E-state index in [0.29, 0.717) is 6.04 Å². The summed E-state index contributed by atoms with van der Waals surface area (Å²) >= 11 is 0. The summed E-state index contributed by atoms with van der Waals surface area (Å²) in [5, 5.41) is 4.60. The lowest BCUT2D eigenvalue weighted by atomic mass is 9.96. The Bertz CT molecular complexity index is 895. The van der Waals surface area contributed by atoms with E-state index >= 15 is 0 Å². The van der Waals surface area contributed by atoms with Crippen LogP contribution in [0.1, 0.15) is 57.1 Å². The Labute approximate surface area is 163 Å². The van der Waals surface area contributed by atoms with Crippen LogP contribution in [0.15, 0.2) is 42.6 Å². The molecular formula is C24H31N3. The van der Waals surface area contributed by atoms with Gasteiger partial charge in [-0.2, -0.15) is 0 Å². The molecule has 1 heterocycles. The quantitative estimate of drug-likeness (QED) is 0.565. The molecule has 1 fully saturated rings. The maximum absolute atomic E-state index is 4.72. The first-order valence-electron chi connectivity index (χ1n) is 10.3. The van der Waals surface area contributed by atoms with Gasteiger partial charge in [-0.05, 0) is 55.5 Å². The van der Waals surface area contributed by atoms with Crippen molar-refractivity contribution in [1.29, 1.82) is 0 Å². The van der Waals surface area contributed by atoms with Crippen LogP contribution in [0.2, 0.25) is 0 Å². The van der Waals surface area contributed by atoms with Gasteiger partial charge in [0.05, 0.1) is 5.52 Å². The summed E-state index contributed by atoms with van der Waals surface area (Å²) in [6.07, 6.45) is 8.38. The molecule has 0 radical (unpaired) electrons. The second-order valence-electron chi connectivity index (χ2n) is 7.26. The van der Waals surface area contributed by atoms with E-state index in [2.05, 4.69) is 60.5 Å². The van der Waals surface area contributed by atoms with E-state index in [-0.39, 0.29) is 0 Å². The van der Waals surface area contributed by atoms with E-state index in [4.69, 9.17) is 4.98 Å². The molecule has 2 aromatic carbocycles. The molecule has 0 aliphatic heterocycles. The molecule has 1 aliphatic carbocycles. The number of anilines is 1. The fourth-order valence-corrected chi connectivity index (χ4v) is 3.75. The lowest BCUT2D eigenvalue weighted by molar-refractivity contribution is 0.461. The molecule has 3 nitrogen and oxygen atoms in total. The Morgan fingerprint density at radius 1 is 0.926 bits per heavy atom. The highest BCUT2D eigenvalue weighted by molar-refractivity contribution is 5.85. The largest absolute Gasteiger partial charge is 0.351 e. The van der Waals surface area contributed by atoms with Crippen LogP contribution in [-0.2, 0) is 0 Å². The van der Waals surface area contributed by atoms with Gasteiger partial charge < -0.3 is 5.32 Å². The predicted octanol–water partition coefficient (Wildman–Crippen LogP) is 6.68. The highest BCUT2D eigenvalue weighted by atomic mass is 15.1. The van der Waals surface area contributed by atoms with Crippen LogP contribution in [0.5, 0.6) is 0 Å². The zero-order valence-electron chi connectivity index (χ0n) is 17.0. The summed E-state index contributed by atoms with van der Waals surface area (Å²) in [5.41, 5.74) is 6.09. The smallest absolute Gasteiger partial charge is 0.223 e. The number of nitrogens with one attached hydrogen (secondary N) is 1. The zero-order chi connectivity index (χ0) is 19.2. The van der Waals surface area contributed by atoms with Crippen LogP contribution in [0.3, 0.4) is 0 Å². The molecule has 0 atom stereocenters. The van der Waals surface area contributed by atoms with Crippen molar-refractivity contribution in [2.45, 2.75) is 65.8 Å². The van der Waals surface area contributed by atoms with Gasteiger partial charge in [-0.25, -0.2) is 9.97 Å². The van der Waals surface area contributed by atoms with Crippen molar-refractivity contribution >= 4 is 16.9 Å². The third-order valence-corrected chi connectivity index (χ3v) is 5.22. The van der Waals surface area contributed by atoms with Crippen LogP contribution in [-0.4, -0.2) is 16.0 Å². The lowest BCUT2D eigenvalue weighted by Gasteiger charge is -2.22. The summed E-state index contributed by atoms with van der Waals surface area (Å²) in [5.74, 6) is 0.763. The molecule has 0 spiro atoms. The zero-order valence-corrected chi connectivity index (χ0v) is 17.0. The highest BCUT2D eigenvalue weighted by Crippen LogP contribution is 2.28. The summed E-state index contributed by atoms with van der Waals surface area (Å²) in [7, 11) is 0. The number of hydrogen-bond acceptors (Lipinski definition) is 3. The molecule has 3 heteroatoms. The van der Waals surface area contributed by atoms with Crippen molar-refractivity contribution in [1.82, 2.24) is 9.97 Å². The number of benzene rings is 2. The van der Waals surface area contributed by atoms with Gasteiger partial charge >= 0.3 is 0 Å². The molecule has 0 unspecified atom stereocenters. The molecule has 27 heavy (non-hydrogen) atoms. The minimum absolute atomic E-state index is 0.528. The molecule has 142 valence electrons. The van der Waals surface area contributed by atoms with Crippen molar-refractivity contribution in [3.05, 3.63) is 53.7 Å². The second kappa shape index (κ2) is 8.98. The molecular weight excluding hydrogens is 330 g/mol. The standard InChI is InChI=1S/C22H25N3.C2H6/c1-15-8-9-16(2)20(12-15)17-10-11-21-18(13-17)14-23-22(25-21)24-19-6-4-3-5-7-19;1-2/h8-14,19H,3-7H2,1-2H3,(H,23,24,25);1-2H3. The Kier molecular flexibility index (Phi) is 6.44. The molecule has 0 amide bonds. The molecule has 3 aromatic rings. The van der Waals surface area contributed by atoms with Crippen LogP contribution in [0.25, 0.3) is 22.0 Å². The van der Waals surface area contributed by atoms with Crippen LogP contribution in [0, 0.1) is 13.8 Å². The topological polar surface area (TPSA) is 37.8 Å². The summed E-state index contributed by atoms with van der Waals surface area (Å²) in [6.45, 7) is 8.29. The molecule has 1 aliphatic rings. The van der Waals surface area contributed by atoms with Crippen molar-refractivity contribution < 1.29 is 0 Å². The van der Waals surface area contributed by atoms with E-state index in [1.54, 1.807) is 0 Å². The van der Waals surface area contributed by atoms with Crippen molar-refractivity contribution in [3.63, 3.8) is 0 Å². The van der Waals surface area contributed by atoms with Crippen LogP contribution >= 0.6 is 0 Å². The fourth-order valence-electron chi connectivity index (χ4n) is 3.75. The van der Waals surface area contributed by atoms with E-state index in [1.807, 2.05) is 20.0 Å². The summed E-state index contributed by atoms with van der Waals surface area (Å²) in [6, 6.07) is 13.6. The Balaban J connectivity index is 0.00000102. The van der Waals surface area contributed by atoms with Crippen molar-refractivity contribution in [2.24, 2.45) is 0 Å². The minimum atomic E-state index is 0.528. The Morgan fingerprint density at radius 2 is 1.70 bits per heavy atom. The van der Waals surface area contributed by atoms with E-state index in [9.17, 15) is 0 Å². The molecule has 0 saturated heterocycles. The summed E-state index contributed by atoms with van der Waals surface area (Å²) < 4.78 is 0. The number of hydrogen-bond donors (Lipinski definition) is 1. The van der Waals surface area contributed by atoms with Crippen LogP contribution in [0.4, 0.5) is 5.95 Å². The van der Waals surface area contributed by atoms with E-state index in [1.165, 1.54) is 54.4 Å². The maximum atomic E-state index is 4.72. The van der Waals surface area contributed by atoms with Gasteiger partial charge in [-0.3, -0.25) is 0 Å². The normalized spacial score (nSPS) is 14.5. The van der Waals surface area contributed by atoms with Crippen molar-refractivity contribution in [3.8, 4) is 11.1 Å². The van der Waals surface area contributed by atoms with E-state index in [0.717, 1.165) is 16.9 Å². The van der Waals surface area contributed by atoms with Gasteiger partial charge in [0.25, 0.3) is 0 Å². The molecule has 1 aromatic heterocycles. The average molecular weight is 362 g/mol. The van der Waals surface area contributed by atoms with Crippen molar-refractivity contribution in [2.75, 3.05) is 5.32 Å². The Hall–Kier alpha value is -2.42. The fraction of sp³-hybridized carbons (Fsp3) is 0.417. The maximum Gasteiger partial charge on any atom is 0.223 e. The molecule has 4 rings (SSSR count). The molecule has 1 N–H and O–H groups in total. The number of rotatable bonds is 3. The third-order valence-electron chi connectivity index (χ3n) is 5.22. The van der Waals surface area contributed by atoms with E-state index < -0.39 is 0 Å². The first-order valence-corrected chi connectivity index (χ1v) is 10.3. The van der Waals surface area contributed by atoms with Gasteiger partial charge in [0.2, 0.25) is 5.95 Å². The van der Waals surface area contributed by atoms with Gasteiger partial charge in [0.15, 0.2) is 0 Å². The second-order valence-corrected chi connectivity index (χ2v) is 7.26. The average Bonchev–Trinajstić information content (AvgIpc) is 2.72. The SMILES string of the molecule is CC.Cc1ccc(C)c(-c2ccc3nc(NC4CCCCC4)ncc3c2)c1. The third kappa shape index (κ3) is 4.65. The van der Waals surface area contributed by atoms with Gasteiger partial charge in [-0.1, -0.05) is 62.9 Å². The predicted molar refractivity (Wildman–Crippen MR) is 116 cm³/mol. The highest BCUT2D eigenvalue weighted by Gasteiger charge is 2.14. The number of aromatic nitrogens is 2. The first-order chi connectivity index (χ1) is 13.2. The summed E-state index contributed by atoms with van der Waals surface area (Å²) in [4.78, 5) is 9.28. The minimum Gasteiger partial charge on any atom is -0.351 e. The first kappa shape index (κ1) is 19.3. The number of aryl methyl sites for hydroxylation is 2. The molecule has 1 saturated carbocycles. The monoisotopic (exact) mass is 361 g/mol.